The standard InChI is InChI=1S/C12H12FNO3S/c13-5-6-16-10-3-1-9(2-4-10)7-14-11(15)8-17-12(14)18/h1-4H,5-8H2. The maximum Gasteiger partial charge on any atom is 0.268 e. The van der Waals surface area contributed by atoms with Crippen molar-refractivity contribution in [3.05, 3.63) is 29.8 Å². The fourth-order valence-electron chi connectivity index (χ4n) is 1.56. The number of hydrogen-bond donors (Lipinski definition) is 0. The Kier molecular flexibility index (Phi) is 4.09. The molecular weight excluding hydrogens is 257 g/mol. The van der Waals surface area contributed by atoms with Gasteiger partial charge in [-0.2, -0.15) is 0 Å². The van der Waals surface area contributed by atoms with Gasteiger partial charge in [0.15, 0.2) is 6.61 Å². The second-order valence-corrected chi connectivity index (χ2v) is 4.07. The molecule has 0 N–H and O–H groups in total. The molecule has 96 valence electrons. The van der Waals surface area contributed by atoms with Gasteiger partial charge in [0.25, 0.3) is 11.1 Å². The minimum Gasteiger partial charge on any atom is -0.491 e. The highest BCUT2D eigenvalue weighted by molar-refractivity contribution is 7.80. The topological polar surface area (TPSA) is 38.8 Å². The van der Waals surface area contributed by atoms with E-state index in [0.717, 1.165) is 5.56 Å². The van der Waals surface area contributed by atoms with Crippen molar-refractivity contribution >= 4 is 23.3 Å². The van der Waals surface area contributed by atoms with Gasteiger partial charge in [-0.25, -0.2) is 4.39 Å². The van der Waals surface area contributed by atoms with E-state index in [-0.39, 0.29) is 24.3 Å². The van der Waals surface area contributed by atoms with Crippen molar-refractivity contribution in [2.24, 2.45) is 0 Å². The number of hydrogen-bond acceptors (Lipinski definition) is 4. The molecule has 0 atom stereocenters. The molecule has 1 heterocycles. The molecule has 0 unspecified atom stereocenters. The number of thiocarbonyl (C=S) groups is 1. The van der Waals surface area contributed by atoms with Gasteiger partial charge in [-0.1, -0.05) is 12.1 Å². The summed E-state index contributed by atoms with van der Waals surface area (Å²) in [5.41, 5.74) is 0.906. The molecule has 0 aromatic heterocycles. The number of carbonyl (C=O) groups is 1. The van der Waals surface area contributed by atoms with Gasteiger partial charge in [0.1, 0.15) is 19.0 Å². The third kappa shape index (κ3) is 2.95. The van der Waals surface area contributed by atoms with Crippen LogP contribution in [-0.4, -0.2) is 35.9 Å². The van der Waals surface area contributed by atoms with Crippen LogP contribution in [0.2, 0.25) is 0 Å². The SMILES string of the molecule is O=C1COC(=S)N1Cc1ccc(OCCF)cc1. The van der Waals surface area contributed by atoms with Crippen LogP contribution in [0, 0.1) is 0 Å². The molecule has 0 spiro atoms. The molecule has 6 heteroatoms. The van der Waals surface area contributed by atoms with Crippen LogP contribution in [0.4, 0.5) is 4.39 Å². The number of halogens is 1. The van der Waals surface area contributed by atoms with Crippen LogP contribution < -0.4 is 4.74 Å². The molecular formula is C12H12FNO3S. The lowest BCUT2D eigenvalue weighted by molar-refractivity contribution is -0.126. The average molecular weight is 269 g/mol. The molecule has 1 fully saturated rings. The van der Waals surface area contributed by atoms with Crippen molar-refractivity contribution in [3.8, 4) is 5.75 Å². The average Bonchev–Trinajstić information content (AvgIpc) is 2.70. The highest BCUT2D eigenvalue weighted by Gasteiger charge is 2.27. The number of amides is 1. The minimum absolute atomic E-state index is 0.0104. The molecule has 1 saturated heterocycles. The Morgan fingerprint density at radius 2 is 2.11 bits per heavy atom. The van der Waals surface area contributed by atoms with Gasteiger partial charge in [-0.05, 0) is 29.9 Å². The number of ether oxygens (including phenoxy) is 2. The minimum atomic E-state index is -0.518. The van der Waals surface area contributed by atoms with E-state index in [0.29, 0.717) is 12.3 Å². The van der Waals surface area contributed by atoms with Crippen molar-refractivity contribution in [1.82, 2.24) is 4.90 Å². The maximum atomic E-state index is 11.9. The molecule has 18 heavy (non-hydrogen) atoms. The molecule has 1 aliphatic rings. The Bertz CT molecular complexity index is 433. The zero-order valence-electron chi connectivity index (χ0n) is 9.60. The first-order valence-corrected chi connectivity index (χ1v) is 5.86. The molecule has 1 aliphatic heterocycles. The fraction of sp³-hybridized carbons (Fsp3) is 0.333. The van der Waals surface area contributed by atoms with Gasteiger partial charge in [0.2, 0.25) is 0 Å². The van der Waals surface area contributed by atoms with Gasteiger partial charge < -0.3 is 9.47 Å². The summed E-state index contributed by atoms with van der Waals surface area (Å²) < 4.78 is 22.0. The normalized spacial score (nSPS) is 14.8. The van der Waals surface area contributed by atoms with Crippen LogP contribution in [0.3, 0.4) is 0 Å². The van der Waals surface area contributed by atoms with E-state index in [1.165, 1.54) is 4.90 Å². The Balaban J connectivity index is 1.97. The zero-order chi connectivity index (χ0) is 13.0. The summed E-state index contributed by atoms with van der Waals surface area (Å²) in [4.78, 5) is 12.9. The van der Waals surface area contributed by atoms with Crippen molar-refractivity contribution < 1.29 is 18.7 Å². The van der Waals surface area contributed by atoms with E-state index in [2.05, 4.69) is 0 Å². The number of carbonyl (C=O) groups excluding carboxylic acids is 1. The highest BCUT2D eigenvalue weighted by Crippen LogP contribution is 2.16. The van der Waals surface area contributed by atoms with Crippen molar-refractivity contribution in [2.45, 2.75) is 6.54 Å². The molecule has 4 nitrogen and oxygen atoms in total. The first kappa shape index (κ1) is 12.8. The molecule has 2 rings (SSSR count). The summed E-state index contributed by atoms with van der Waals surface area (Å²) in [7, 11) is 0. The van der Waals surface area contributed by atoms with Gasteiger partial charge in [-0.15, -0.1) is 0 Å². The van der Waals surface area contributed by atoms with E-state index in [4.69, 9.17) is 21.7 Å². The summed E-state index contributed by atoms with van der Waals surface area (Å²) in [6.07, 6.45) is 0. The predicted molar refractivity (Wildman–Crippen MR) is 67.0 cm³/mol. The number of benzene rings is 1. The Labute approximate surface area is 109 Å². The lowest BCUT2D eigenvalue weighted by Gasteiger charge is -2.13. The van der Waals surface area contributed by atoms with Crippen LogP contribution >= 0.6 is 12.2 Å². The Morgan fingerprint density at radius 3 is 2.67 bits per heavy atom. The zero-order valence-corrected chi connectivity index (χ0v) is 10.4. The van der Waals surface area contributed by atoms with E-state index in [1.54, 1.807) is 12.1 Å². The molecule has 0 saturated carbocycles. The highest BCUT2D eigenvalue weighted by atomic mass is 32.1. The van der Waals surface area contributed by atoms with Crippen LogP contribution in [0.25, 0.3) is 0 Å². The van der Waals surface area contributed by atoms with Crippen LogP contribution in [0.5, 0.6) is 5.75 Å². The van der Waals surface area contributed by atoms with Crippen LogP contribution in [0.1, 0.15) is 5.56 Å². The number of rotatable bonds is 5. The first-order valence-electron chi connectivity index (χ1n) is 5.45. The molecule has 1 aromatic rings. The molecule has 1 amide bonds. The number of nitrogens with zero attached hydrogens (tertiary/aromatic N) is 1. The lowest BCUT2D eigenvalue weighted by atomic mass is 10.2. The van der Waals surface area contributed by atoms with Crippen molar-refractivity contribution in [3.63, 3.8) is 0 Å². The van der Waals surface area contributed by atoms with Crippen LogP contribution in [0.15, 0.2) is 24.3 Å². The predicted octanol–water partition coefficient (Wildman–Crippen LogP) is 1.68. The molecule has 0 bridgehead atoms. The fourth-order valence-corrected chi connectivity index (χ4v) is 1.79. The number of alkyl halides is 1. The quantitative estimate of drug-likeness (QED) is 0.762. The lowest BCUT2D eigenvalue weighted by Crippen LogP contribution is -2.28. The van der Waals surface area contributed by atoms with Gasteiger partial charge in [-0.3, -0.25) is 9.69 Å². The van der Waals surface area contributed by atoms with E-state index < -0.39 is 6.67 Å². The smallest absolute Gasteiger partial charge is 0.268 e. The van der Waals surface area contributed by atoms with E-state index in [1.807, 2.05) is 12.1 Å². The summed E-state index contributed by atoms with van der Waals surface area (Å²) in [5, 5.41) is 0.206. The third-order valence-corrected chi connectivity index (χ3v) is 2.79. The molecule has 0 aliphatic carbocycles. The Hall–Kier alpha value is -1.69. The van der Waals surface area contributed by atoms with Gasteiger partial charge >= 0.3 is 0 Å². The van der Waals surface area contributed by atoms with E-state index >= 15 is 0 Å². The van der Waals surface area contributed by atoms with Gasteiger partial charge in [0, 0.05) is 0 Å². The van der Waals surface area contributed by atoms with Crippen molar-refractivity contribution in [2.75, 3.05) is 19.9 Å². The second-order valence-electron chi connectivity index (χ2n) is 3.72. The second kappa shape index (κ2) is 5.77. The monoisotopic (exact) mass is 269 g/mol. The largest absolute Gasteiger partial charge is 0.491 e. The first-order chi connectivity index (χ1) is 8.70. The molecule has 1 aromatic carbocycles. The molecule has 0 radical (unpaired) electrons. The summed E-state index contributed by atoms with van der Waals surface area (Å²) in [6, 6.07) is 7.08. The third-order valence-electron chi connectivity index (χ3n) is 2.45. The summed E-state index contributed by atoms with van der Waals surface area (Å²) in [6.45, 7) is -0.0882. The van der Waals surface area contributed by atoms with E-state index in [9.17, 15) is 9.18 Å². The van der Waals surface area contributed by atoms with Crippen LogP contribution in [-0.2, 0) is 16.1 Å². The summed E-state index contributed by atoms with van der Waals surface area (Å²) in [5.74, 6) is 0.459. The van der Waals surface area contributed by atoms with Gasteiger partial charge in [0.05, 0.1) is 6.54 Å². The maximum absolute atomic E-state index is 11.9. The van der Waals surface area contributed by atoms with Crippen molar-refractivity contribution in [1.29, 1.82) is 0 Å². The summed E-state index contributed by atoms with van der Waals surface area (Å²) >= 11 is 4.92. The Morgan fingerprint density at radius 1 is 1.39 bits per heavy atom.